The number of carbonyl (C=O) groups is 1. The minimum atomic E-state index is -3.62. The maximum absolute atomic E-state index is 13.0. The number of sulfonamides is 1. The Morgan fingerprint density at radius 2 is 2.04 bits per heavy atom. The Kier molecular flexibility index (Phi) is 6.93. The van der Waals surface area contributed by atoms with Crippen LogP contribution < -0.4 is 15.4 Å². The van der Waals surface area contributed by atoms with Gasteiger partial charge in [0.15, 0.2) is 0 Å². The molecule has 0 atom stereocenters. The van der Waals surface area contributed by atoms with Gasteiger partial charge in [0.25, 0.3) is 0 Å². The number of carbonyl (C=O) groups excluding carboxylic acids is 1. The zero-order chi connectivity index (χ0) is 20.0. The number of hydrogen-bond acceptors (Lipinski definition) is 6. The molecule has 2 aromatic rings. The van der Waals surface area contributed by atoms with Crippen LogP contribution in [0.25, 0.3) is 0 Å². The van der Waals surface area contributed by atoms with E-state index in [2.05, 4.69) is 10.6 Å². The van der Waals surface area contributed by atoms with Crippen LogP contribution in [-0.2, 0) is 21.4 Å². The van der Waals surface area contributed by atoms with Crippen molar-refractivity contribution >= 4 is 33.0 Å². The molecule has 2 heterocycles. The van der Waals surface area contributed by atoms with Crippen molar-refractivity contribution in [2.75, 3.05) is 31.6 Å². The average Bonchev–Trinajstić information content (AvgIpc) is 3.39. The topological polar surface area (TPSA) is 87.7 Å². The molecule has 1 aliphatic rings. The third-order valence-corrected chi connectivity index (χ3v) is 7.22. The molecular weight excluding hydrogens is 398 g/mol. The minimum absolute atomic E-state index is 0.0581. The molecule has 1 fully saturated rings. The first-order chi connectivity index (χ1) is 13.5. The van der Waals surface area contributed by atoms with Gasteiger partial charge in [0.1, 0.15) is 10.6 Å². The fourth-order valence-corrected chi connectivity index (χ4v) is 5.32. The lowest BCUT2D eigenvalue weighted by Crippen LogP contribution is -2.30. The Morgan fingerprint density at radius 1 is 1.25 bits per heavy atom. The normalized spacial score (nSPS) is 14.8. The van der Waals surface area contributed by atoms with Crippen LogP contribution in [0.1, 0.15) is 24.6 Å². The van der Waals surface area contributed by atoms with E-state index in [9.17, 15) is 13.2 Å². The molecule has 1 amide bonds. The van der Waals surface area contributed by atoms with Gasteiger partial charge in [-0.1, -0.05) is 6.07 Å². The smallest absolute Gasteiger partial charge is 0.246 e. The number of hydrogen-bond donors (Lipinski definition) is 2. The van der Waals surface area contributed by atoms with Gasteiger partial charge in [0.05, 0.1) is 19.7 Å². The third-order valence-electron chi connectivity index (χ3n) is 4.42. The first-order valence-corrected chi connectivity index (χ1v) is 11.6. The molecule has 3 rings (SSSR count). The van der Waals surface area contributed by atoms with Crippen molar-refractivity contribution in [1.29, 1.82) is 0 Å². The summed E-state index contributed by atoms with van der Waals surface area (Å²) in [5, 5.41) is 7.79. The summed E-state index contributed by atoms with van der Waals surface area (Å²) in [6.45, 7) is 3.78. The Bertz CT molecular complexity index is 892. The van der Waals surface area contributed by atoms with E-state index in [0.29, 0.717) is 37.7 Å². The van der Waals surface area contributed by atoms with Crippen molar-refractivity contribution in [3.63, 3.8) is 0 Å². The Balaban J connectivity index is 1.69. The highest BCUT2D eigenvalue weighted by molar-refractivity contribution is 7.89. The summed E-state index contributed by atoms with van der Waals surface area (Å²) >= 11 is 1.58. The van der Waals surface area contributed by atoms with Crippen LogP contribution in [0.4, 0.5) is 5.69 Å². The van der Waals surface area contributed by atoms with E-state index in [-0.39, 0.29) is 17.3 Å². The largest absolute Gasteiger partial charge is 0.492 e. The molecule has 1 aromatic heterocycles. The van der Waals surface area contributed by atoms with Gasteiger partial charge in [0, 0.05) is 23.7 Å². The Hall–Kier alpha value is -2.10. The summed E-state index contributed by atoms with van der Waals surface area (Å²) in [5.41, 5.74) is 0.562. The first-order valence-electron chi connectivity index (χ1n) is 9.30. The third kappa shape index (κ3) is 5.03. The van der Waals surface area contributed by atoms with Gasteiger partial charge in [-0.2, -0.15) is 4.31 Å². The summed E-state index contributed by atoms with van der Waals surface area (Å²) in [6.07, 6.45) is 1.73. The van der Waals surface area contributed by atoms with E-state index in [1.807, 2.05) is 24.4 Å². The van der Waals surface area contributed by atoms with E-state index in [4.69, 9.17) is 4.74 Å². The van der Waals surface area contributed by atoms with Crippen molar-refractivity contribution in [2.24, 2.45) is 0 Å². The zero-order valence-electron chi connectivity index (χ0n) is 15.8. The lowest BCUT2D eigenvalue weighted by Gasteiger charge is -2.19. The van der Waals surface area contributed by atoms with Crippen LogP contribution in [0.3, 0.4) is 0 Å². The lowest BCUT2D eigenvalue weighted by molar-refractivity contribution is -0.119. The predicted molar refractivity (Wildman–Crippen MR) is 110 cm³/mol. The van der Waals surface area contributed by atoms with E-state index in [0.717, 1.165) is 17.7 Å². The maximum Gasteiger partial charge on any atom is 0.246 e. The molecule has 9 heteroatoms. The first kappa shape index (κ1) is 20.6. The summed E-state index contributed by atoms with van der Waals surface area (Å²) in [6, 6.07) is 8.80. The van der Waals surface area contributed by atoms with Crippen molar-refractivity contribution in [2.45, 2.75) is 31.2 Å². The standard InChI is InChI=1S/C19H25N3O4S2/c1-2-26-17-8-7-15(12-18(17)28(24,25)22-9-3-4-10-22)20-14-19(23)21-13-16-6-5-11-27-16/h5-8,11-12,20H,2-4,9-10,13-14H2,1H3,(H,21,23). The van der Waals surface area contributed by atoms with Gasteiger partial charge in [-0.3, -0.25) is 4.79 Å². The number of amides is 1. The summed E-state index contributed by atoms with van der Waals surface area (Å²) in [5.74, 6) is 0.174. The molecule has 0 radical (unpaired) electrons. The molecule has 1 saturated heterocycles. The Morgan fingerprint density at radius 3 is 2.71 bits per heavy atom. The van der Waals surface area contributed by atoms with Crippen molar-refractivity contribution in [3.05, 3.63) is 40.6 Å². The fraction of sp³-hybridized carbons (Fsp3) is 0.421. The highest BCUT2D eigenvalue weighted by Gasteiger charge is 2.30. The molecule has 7 nitrogen and oxygen atoms in total. The molecule has 0 bridgehead atoms. The summed E-state index contributed by atoms with van der Waals surface area (Å²) in [7, 11) is -3.62. The van der Waals surface area contributed by atoms with Gasteiger partial charge in [-0.25, -0.2) is 8.42 Å². The molecule has 0 aliphatic carbocycles. The highest BCUT2D eigenvalue weighted by atomic mass is 32.2. The molecule has 1 aliphatic heterocycles. The molecule has 0 unspecified atom stereocenters. The number of nitrogens with one attached hydrogen (secondary N) is 2. The second kappa shape index (κ2) is 9.40. The SMILES string of the molecule is CCOc1ccc(NCC(=O)NCc2cccs2)cc1S(=O)(=O)N1CCCC1. The zero-order valence-corrected chi connectivity index (χ0v) is 17.4. The van der Waals surface area contributed by atoms with Gasteiger partial charge >= 0.3 is 0 Å². The van der Waals surface area contributed by atoms with Gasteiger partial charge < -0.3 is 15.4 Å². The number of nitrogens with zero attached hydrogens (tertiary/aromatic N) is 1. The number of rotatable bonds is 9. The van der Waals surface area contributed by atoms with E-state index < -0.39 is 10.0 Å². The average molecular weight is 424 g/mol. The van der Waals surface area contributed by atoms with Crippen LogP contribution in [0.15, 0.2) is 40.6 Å². The van der Waals surface area contributed by atoms with Gasteiger partial charge in [0.2, 0.25) is 15.9 Å². The van der Waals surface area contributed by atoms with E-state index in [1.54, 1.807) is 29.5 Å². The van der Waals surface area contributed by atoms with E-state index >= 15 is 0 Å². The molecule has 0 spiro atoms. The Labute approximate surface area is 169 Å². The van der Waals surface area contributed by atoms with Crippen LogP contribution in [0, 0.1) is 0 Å². The molecule has 1 aromatic carbocycles. The van der Waals surface area contributed by atoms with Crippen molar-refractivity contribution in [3.8, 4) is 5.75 Å². The van der Waals surface area contributed by atoms with E-state index in [1.165, 1.54) is 4.31 Å². The molecule has 2 N–H and O–H groups in total. The second-order valence-electron chi connectivity index (χ2n) is 6.42. The maximum atomic E-state index is 13.0. The van der Waals surface area contributed by atoms with Crippen LogP contribution in [0.5, 0.6) is 5.75 Å². The molecule has 0 saturated carbocycles. The molecular formula is C19H25N3O4S2. The summed E-state index contributed by atoms with van der Waals surface area (Å²) in [4.78, 5) is 13.3. The predicted octanol–water partition coefficient (Wildman–Crippen LogP) is 2.66. The monoisotopic (exact) mass is 423 g/mol. The van der Waals surface area contributed by atoms with Crippen molar-refractivity contribution in [1.82, 2.24) is 9.62 Å². The quantitative estimate of drug-likeness (QED) is 0.647. The number of anilines is 1. The highest BCUT2D eigenvalue weighted by Crippen LogP contribution is 2.31. The van der Waals surface area contributed by atoms with Gasteiger partial charge in [-0.15, -0.1) is 11.3 Å². The van der Waals surface area contributed by atoms with Crippen LogP contribution >= 0.6 is 11.3 Å². The second-order valence-corrected chi connectivity index (χ2v) is 9.35. The van der Waals surface area contributed by atoms with Crippen molar-refractivity contribution < 1.29 is 17.9 Å². The van der Waals surface area contributed by atoms with Gasteiger partial charge in [-0.05, 0) is 49.4 Å². The lowest BCUT2D eigenvalue weighted by atomic mass is 10.3. The fourth-order valence-electron chi connectivity index (χ4n) is 3.01. The number of thiophene rings is 1. The minimum Gasteiger partial charge on any atom is -0.492 e. The molecule has 152 valence electrons. The van der Waals surface area contributed by atoms with Crippen LogP contribution in [0.2, 0.25) is 0 Å². The van der Waals surface area contributed by atoms with Crippen LogP contribution in [-0.4, -0.2) is 44.9 Å². The number of benzene rings is 1. The number of ether oxygens (including phenoxy) is 1. The summed E-state index contributed by atoms with van der Waals surface area (Å²) < 4.78 is 33.0. The molecule has 28 heavy (non-hydrogen) atoms.